The number of hydrogen-bond donors (Lipinski definition) is 0. The molecule has 0 radical (unpaired) electrons. The second kappa shape index (κ2) is 6.92. The van der Waals surface area contributed by atoms with E-state index < -0.39 is 11.7 Å². The van der Waals surface area contributed by atoms with Crippen LogP contribution in [-0.4, -0.2) is 14.8 Å². The molecule has 0 saturated heterocycles. The SMILES string of the molecule is Fc1ccc(-c2cc(-c3ccncc3)nn2-c2ccc(C(F)(F)F)cc2)cc1. The highest BCUT2D eigenvalue weighted by molar-refractivity contribution is 5.70. The third kappa shape index (κ3) is 3.51. The Morgan fingerprint density at radius 3 is 2.00 bits per heavy atom. The van der Waals surface area contributed by atoms with E-state index >= 15 is 0 Å². The summed E-state index contributed by atoms with van der Waals surface area (Å²) in [6, 6.07) is 16.0. The lowest BCUT2D eigenvalue weighted by Crippen LogP contribution is -2.06. The summed E-state index contributed by atoms with van der Waals surface area (Å²) < 4.78 is 53.5. The van der Waals surface area contributed by atoms with Gasteiger partial charge in [-0.25, -0.2) is 9.07 Å². The van der Waals surface area contributed by atoms with Crippen LogP contribution < -0.4 is 0 Å². The first kappa shape index (κ1) is 17.9. The van der Waals surface area contributed by atoms with Crippen molar-refractivity contribution in [2.24, 2.45) is 0 Å². The molecule has 0 spiro atoms. The molecule has 2 aromatic carbocycles. The van der Waals surface area contributed by atoms with Crippen molar-refractivity contribution in [2.75, 3.05) is 0 Å². The lowest BCUT2D eigenvalue weighted by Gasteiger charge is -2.10. The number of pyridine rings is 1. The van der Waals surface area contributed by atoms with Crippen LogP contribution in [0, 0.1) is 5.82 Å². The largest absolute Gasteiger partial charge is 0.416 e. The molecule has 0 saturated carbocycles. The third-order valence-corrected chi connectivity index (χ3v) is 4.26. The van der Waals surface area contributed by atoms with Gasteiger partial charge in [0.2, 0.25) is 0 Å². The van der Waals surface area contributed by atoms with Gasteiger partial charge < -0.3 is 0 Å². The fraction of sp³-hybridized carbons (Fsp3) is 0.0476. The van der Waals surface area contributed by atoms with Crippen molar-refractivity contribution in [3.63, 3.8) is 0 Å². The average Bonchev–Trinajstić information content (AvgIpc) is 3.14. The number of hydrogen-bond acceptors (Lipinski definition) is 2. The van der Waals surface area contributed by atoms with Gasteiger partial charge in [0, 0.05) is 23.5 Å². The summed E-state index contributed by atoms with van der Waals surface area (Å²) in [4.78, 5) is 3.98. The van der Waals surface area contributed by atoms with Gasteiger partial charge in [0.1, 0.15) is 5.82 Å². The Morgan fingerprint density at radius 1 is 0.750 bits per heavy atom. The molecule has 0 aliphatic carbocycles. The van der Waals surface area contributed by atoms with Gasteiger partial charge in [-0.05, 0) is 66.7 Å². The number of nitrogens with zero attached hydrogens (tertiary/aromatic N) is 3. The van der Waals surface area contributed by atoms with Crippen molar-refractivity contribution in [3.05, 3.63) is 90.5 Å². The van der Waals surface area contributed by atoms with E-state index in [0.29, 0.717) is 22.6 Å². The topological polar surface area (TPSA) is 30.7 Å². The van der Waals surface area contributed by atoms with Gasteiger partial charge in [0.15, 0.2) is 0 Å². The maximum absolute atomic E-state index is 13.3. The van der Waals surface area contributed by atoms with E-state index in [2.05, 4.69) is 10.1 Å². The van der Waals surface area contributed by atoms with Crippen molar-refractivity contribution in [1.82, 2.24) is 14.8 Å². The fourth-order valence-corrected chi connectivity index (χ4v) is 2.86. The molecule has 0 aliphatic heterocycles. The first-order valence-corrected chi connectivity index (χ1v) is 8.36. The quantitative estimate of drug-likeness (QED) is 0.421. The highest BCUT2D eigenvalue weighted by Gasteiger charge is 2.30. The Labute approximate surface area is 157 Å². The van der Waals surface area contributed by atoms with Crippen LogP contribution in [0.1, 0.15) is 5.56 Å². The number of benzene rings is 2. The summed E-state index contributed by atoms with van der Waals surface area (Å²) in [5, 5.41) is 4.56. The molecule has 0 unspecified atom stereocenters. The molecule has 0 amide bonds. The number of rotatable bonds is 3. The standard InChI is InChI=1S/C21H13F4N3/c22-17-5-1-15(2-6-17)20-13-19(14-9-11-26-12-10-14)27-28(20)18-7-3-16(4-8-18)21(23,24)25/h1-13H. The molecule has 0 atom stereocenters. The first-order valence-electron chi connectivity index (χ1n) is 8.36. The fourth-order valence-electron chi connectivity index (χ4n) is 2.86. The monoisotopic (exact) mass is 383 g/mol. The van der Waals surface area contributed by atoms with Crippen molar-refractivity contribution < 1.29 is 17.6 Å². The van der Waals surface area contributed by atoms with Crippen LogP contribution in [0.5, 0.6) is 0 Å². The van der Waals surface area contributed by atoms with Crippen LogP contribution in [0.3, 0.4) is 0 Å². The normalized spacial score (nSPS) is 11.6. The molecule has 0 aliphatic rings. The van der Waals surface area contributed by atoms with Crippen LogP contribution in [0.15, 0.2) is 79.1 Å². The molecule has 0 fully saturated rings. The molecule has 3 nitrogen and oxygen atoms in total. The summed E-state index contributed by atoms with van der Waals surface area (Å²) in [6.07, 6.45) is -1.15. The van der Waals surface area contributed by atoms with Crippen molar-refractivity contribution >= 4 is 0 Å². The van der Waals surface area contributed by atoms with E-state index in [4.69, 9.17) is 0 Å². The first-order chi connectivity index (χ1) is 13.4. The number of alkyl halides is 3. The second-order valence-corrected chi connectivity index (χ2v) is 6.11. The molecule has 4 rings (SSSR count). The summed E-state index contributed by atoms with van der Waals surface area (Å²) in [5.41, 5.74) is 2.49. The maximum Gasteiger partial charge on any atom is 0.416 e. The molecule has 140 valence electrons. The highest BCUT2D eigenvalue weighted by atomic mass is 19.4. The van der Waals surface area contributed by atoms with E-state index in [1.54, 1.807) is 47.4 Å². The minimum absolute atomic E-state index is 0.376. The molecule has 2 heterocycles. The lowest BCUT2D eigenvalue weighted by molar-refractivity contribution is -0.137. The maximum atomic E-state index is 13.3. The van der Waals surface area contributed by atoms with Gasteiger partial charge >= 0.3 is 6.18 Å². The summed E-state index contributed by atoms with van der Waals surface area (Å²) >= 11 is 0. The Hall–Kier alpha value is -3.48. The highest BCUT2D eigenvalue weighted by Crippen LogP contribution is 2.32. The van der Waals surface area contributed by atoms with Gasteiger partial charge in [-0.3, -0.25) is 4.98 Å². The van der Waals surface area contributed by atoms with E-state index in [-0.39, 0.29) is 5.82 Å². The van der Waals surface area contributed by atoms with Crippen molar-refractivity contribution in [3.8, 4) is 28.2 Å². The van der Waals surface area contributed by atoms with Gasteiger partial charge in [-0.15, -0.1) is 0 Å². The number of aromatic nitrogens is 3. The molecule has 0 N–H and O–H groups in total. The molecule has 28 heavy (non-hydrogen) atoms. The zero-order valence-electron chi connectivity index (χ0n) is 14.4. The molecule has 4 aromatic rings. The summed E-state index contributed by atoms with van der Waals surface area (Å²) in [5.74, 6) is -0.376. The van der Waals surface area contributed by atoms with Crippen LogP contribution >= 0.6 is 0 Å². The lowest BCUT2D eigenvalue weighted by atomic mass is 10.1. The summed E-state index contributed by atoms with van der Waals surface area (Å²) in [7, 11) is 0. The van der Waals surface area contributed by atoms with E-state index in [0.717, 1.165) is 17.7 Å². The van der Waals surface area contributed by atoms with Crippen LogP contribution in [0.2, 0.25) is 0 Å². The number of halogens is 4. The zero-order chi connectivity index (χ0) is 19.7. The second-order valence-electron chi connectivity index (χ2n) is 6.11. The van der Waals surface area contributed by atoms with Crippen molar-refractivity contribution in [2.45, 2.75) is 6.18 Å². The average molecular weight is 383 g/mol. The van der Waals surface area contributed by atoms with Crippen molar-refractivity contribution in [1.29, 1.82) is 0 Å². The van der Waals surface area contributed by atoms with Crippen LogP contribution in [-0.2, 0) is 6.18 Å². The Morgan fingerprint density at radius 2 is 1.39 bits per heavy atom. The molecule has 0 bridgehead atoms. The smallest absolute Gasteiger partial charge is 0.265 e. The Bertz CT molecular complexity index is 1080. The minimum atomic E-state index is -4.41. The third-order valence-electron chi connectivity index (χ3n) is 4.26. The van der Waals surface area contributed by atoms with Gasteiger partial charge in [-0.1, -0.05) is 0 Å². The summed E-state index contributed by atoms with van der Waals surface area (Å²) in [6.45, 7) is 0. The van der Waals surface area contributed by atoms with Gasteiger partial charge in [0.25, 0.3) is 0 Å². The molecular formula is C21H13F4N3. The molecular weight excluding hydrogens is 370 g/mol. The van der Waals surface area contributed by atoms with Crippen LogP contribution in [0.25, 0.3) is 28.2 Å². The van der Waals surface area contributed by atoms with E-state index in [9.17, 15) is 17.6 Å². The predicted molar refractivity (Wildman–Crippen MR) is 97.2 cm³/mol. The van der Waals surface area contributed by atoms with E-state index in [1.807, 2.05) is 0 Å². The Balaban J connectivity index is 1.85. The predicted octanol–water partition coefficient (Wildman–Crippen LogP) is 5.76. The molecule has 7 heteroatoms. The minimum Gasteiger partial charge on any atom is -0.265 e. The Kier molecular flexibility index (Phi) is 4.43. The van der Waals surface area contributed by atoms with Crippen LogP contribution in [0.4, 0.5) is 17.6 Å². The zero-order valence-corrected chi connectivity index (χ0v) is 14.4. The van der Waals surface area contributed by atoms with Gasteiger partial charge in [-0.2, -0.15) is 18.3 Å². The van der Waals surface area contributed by atoms with Gasteiger partial charge in [0.05, 0.1) is 22.6 Å². The van der Waals surface area contributed by atoms with E-state index in [1.165, 1.54) is 24.3 Å². The molecule has 2 aromatic heterocycles.